The summed E-state index contributed by atoms with van der Waals surface area (Å²) in [4.78, 5) is 29.4. The summed E-state index contributed by atoms with van der Waals surface area (Å²) >= 11 is 6.72. The molecule has 1 saturated heterocycles. The smallest absolute Gasteiger partial charge is 0.270 e. The Morgan fingerprint density at radius 3 is 2.42 bits per heavy atom. The SMILES string of the molecule is CCOc1cc(/C=C2\SC(=S)N(c3ccc(N(C)C)cc3)C2=O)ccc1OCC(=O)Nc1ccc(F)cc1. The zero-order valence-corrected chi connectivity index (χ0v) is 22.7. The zero-order chi connectivity index (χ0) is 27.2. The normalized spacial score (nSPS) is 14.1. The number of hydrogen-bond acceptors (Lipinski definition) is 7. The van der Waals surface area contributed by atoms with E-state index in [2.05, 4.69) is 5.32 Å². The molecule has 4 rings (SSSR count). The lowest BCUT2D eigenvalue weighted by atomic mass is 10.1. The molecule has 7 nitrogen and oxygen atoms in total. The van der Waals surface area contributed by atoms with Gasteiger partial charge in [0.15, 0.2) is 22.4 Å². The summed E-state index contributed by atoms with van der Waals surface area (Å²) < 4.78 is 24.9. The molecule has 1 aliphatic rings. The molecule has 3 aromatic rings. The van der Waals surface area contributed by atoms with E-state index in [0.717, 1.165) is 11.3 Å². The number of nitrogens with zero attached hydrogens (tertiary/aromatic N) is 2. The van der Waals surface area contributed by atoms with E-state index in [9.17, 15) is 14.0 Å². The molecule has 0 spiro atoms. The third-order valence-corrected chi connectivity index (χ3v) is 6.77. The molecule has 38 heavy (non-hydrogen) atoms. The maximum Gasteiger partial charge on any atom is 0.270 e. The molecule has 2 amide bonds. The fourth-order valence-corrected chi connectivity index (χ4v) is 4.92. The van der Waals surface area contributed by atoms with Gasteiger partial charge in [0.2, 0.25) is 0 Å². The molecule has 0 unspecified atom stereocenters. The highest BCUT2D eigenvalue weighted by Crippen LogP contribution is 2.37. The van der Waals surface area contributed by atoms with E-state index in [1.807, 2.05) is 50.2 Å². The number of carbonyl (C=O) groups is 2. The van der Waals surface area contributed by atoms with Gasteiger partial charge in [-0.3, -0.25) is 14.5 Å². The lowest BCUT2D eigenvalue weighted by molar-refractivity contribution is -0.118. The van der Waals surface area contributed by atoms with Crippen molar-refractivity contribution in [3.8, 4) is 11.5 Å². The molecular weight excluding hydrogens is 525 g/mol. The predicted molar refractivity (Wildman–Crippen MR) is 155 cm³/mol. The number of ether oxygens (including phenoxy) is 2. The molecule has 0 bridgehead atoms. The number of amides is 2. The van der Waals surface area contributed by atoms with Gasteiger partial charge in [-0.15, -0.1) is 0 Å². The van der Waals surface area contributed by atoms with E-state index in [0.29, 0.717) is 38.7 Å². The quantitative estimate of drug-likeness (QED) is 0.270. The van der Waals surface area contributed by atoms with E-state index in [1.54, 1.807) is 24.3 Å². The first kappa shape index (κ1) is 27.2. The highest BCUT2D eigenvalue weighted by Gasteiger charge is 2.33. The Balaban J connectivity index is 1.46. The fraction of sp³-hybridized carbons (Fsp3) is 0.179. The maximum atomic E-state index is 13.2. The predicted octanol–water partition coefficient (Wildman–Crippen LogP) is 5.71. The molecule has 0 aliphatic carbocycles. The third-order valence-electron chi connectivity index (χ3n) is 5.47. The molecule has 0 saturated carbocycles. The van der Waals surface area contributed by atoms with Crippen LogP contribution >= 0.6 is 24.0 Å². The largest absolute Gasteiger partial charge is 0.490 e. The lowest BCUT2D eigenvalue weighted by Crippen LogP contribution is -2.27. The van der Waals surface area contributed by atoms with Crippen molar-refractivity contribution in [2.24, 2.45) is 0 Å². The molecular formula is C28H26FN3O4S2. The van der Waals surface area contributed by atoms with Crippen LogP contribution in [0.25, 0.3) is 6.08 Å². The van der Waals surface area contributed by atoms with Gasteiger partial charge in [0, 0.05) is 25.5 Å². The summed E-state index contributed by atoms with van der Waals surface area (Å²) in [6.07, 6.45) is 1.75. The van der Waals surface area contributed by atoms with Crippen molar-refractivity contribution >= 4 is 63.3 Å². The molecule has 3 aromatic carbocycles. The summed E-state index contributed by atoms with van der Waals surface area (Å²) in [5.74, 6) is -0.169. The summed E-state index contributed by atoms with van der Waals surface area (Å²) in [6, 6.07) is 18.3. The van der Waals surface area contributed by atoms with Gasteiger partial charge in [-0.05, 0) is 79.2 Å². The molecule has 10 heteroatoms. The van der Waals surface area contributed by atoms with E-state index in [-0.39, 0.29) is 18.3 Å². The first-order valence-corrected chi connectivity index (χ1v) is 13.0. The van der Waals surface area contributed by atoms with Crippen LogP contribution in [0.5, 0.6) is 11.5 Å². The first-order chi connectivity index (χ1) is 18.2. The monoisotopic (exact) mass is 551 g/mol. The van der Waals surface area contributed by atoms with Crippen LogP contribution in [0.2, 0.25) is 0 Å². The van der Waals surface area contributed by atoms with Gasteiger partial charge in [-0.2, -0.15) is 0 Å². The standard InChI is InChI=1S/C28H26FN3O4S2/c1-4-35-24-15-18(5-14-23(24)36-17-26(33)30-20-8-6-19(29)7-9-20)16-25-27(34)32(28(37)38-25)22-12-10-21(11-13-22)31(2)3/h5-16H,4,17H2,1-3H3,(H,30,33)/b25-16-. The van der Waals surface area contributed by atoms with Crippen LogP contribution in [-0.4, -0.2) is 43.4 Å². The second-order valence-electron chi connectivity index (χ2n) is 8.41. The summed E-state index contributed by atoms with van der Waals surface area (Å²) in [5, 5.41) is 2.65. The van der Waals surface area contributed by atoms with Crippen LogP contribution in [0.1, 0.15) is 12.5 Å². The Labute approximate surface area is 230 Å². The van der Waals surface area contributed by atoms with Crippen LogP contribution in [0.3, 0.4) is 0 Å². The van der Waals surface area contributed by atoms with E-state index in [4.69, 9.17) is 21.7 Å². The van der Waals surface area contributed by atoms with Crippen molar-refractivity contribution < 1.29 is 23.5 Å². The minimum atomic E-state index is -0.398. The number of thioether (sulfide) groups is 1. The van der Waals surface area contributed by atoms with Gasteiger partial charge in [0.05, 0.1) is 17.2 Å². The van der Waals surface area contributed by atoms with Crippen LogP contribution in [-0.2, 0) is 9.59 Å². The highest BCUT2D eigenvalue weighted by atomic mass is 32.2. The number of nitrogens with one attached hydrogen (secondary N) is 1. The topological polar surface area (TPSA) is 71.1 Å². The second kappa shape index (κ2) is 12.1. The van der Waals surface area contributed by atoms with E-state index < -0.39 is 5.91 Å². The number of halogens is 1. The maximum absolute atomic E-state index is 13.2. The Kier molecular flexibility index (Phi) is 8.65. The van der Waals surface area contributed by atoms with Crippen molar-refractivity contribution in [1.29, 1.82) is 0 Å². The lowest BCUT2D eigenvalue weighted by Gasteiger charge is -2.17. The number of rotatable bonds is 9. The molecule has 0 radical (unpaired) electrons. The number of hydrogen-bond donors (Lipinski definition) is 1. The Hall–Kier alpha value is -3.89. The minimum absolute atomic E-state index is 0.201. The second-order valence-corrected chi connectivity index (χ2v) is 10.1. The minimum Gasteiger partial charge on any atom is -0.490 e. The van der Waals surface area contributed by atoms with Crippen molar-refractivity contribution in [2.75, 3.05) is 42.4 Å². The molecule has 1 heterocycles. The fourth-order valence-electron chi connectivity index (χ4n) is 3.62. The number of thiocarbonyl (C=S) groups is 1. The van der Waals surface area contributed by atoms with Gasteiger partial charge in [-0.1, -0.05) is 30.0 Å². The van der Waals surface area contributed by atoms with Gasteiger partial charge in [0.1, 0.15) is 5.82 Å². The van der Waals surface area contributed by atoms with Crippen molar-refractivity contribution in [1.82, 2.24) is 0 Å². The van der Waals surface area contributed by atoms with Crippen LogP contribution < -0.4 is 24.6 Å². The van der Waals surface area contributed by atoms with Gasteiger partial charge < -0.3 is 19.7 Å². The van der Waals surface area contributed by atoms with E-state index in [1.165, 1.54) is 40.9 Å². The van der Waals surface area contributed by atoms with Crippen molar-refractivity contribution in [3.63, 3.8) is 0 Å². The van der Waals surface area contributed by atoms with Crippen LogP contribution in [0.4, 0.5) is 21.5 Å². The Bertz CT molecular complexity index is 1380. The summed E-state index contributed by atoms with van der Waals surface area (Å²) in [6.45, 7) is 1.96. The average molecular weight is 552 g/mol. The van der Waals surface area contributed by atoms with Crippen LogP contribution in [0.15, 0.2) is 71.6 Å². The van der Waals surface area contributed by atoms with Gasteiger partial charge in [0.25, 0.3) is 11.8 Å². The Morgan fingerprint density at radius 2 is 1.76 bits per heavy atom. The summed E-state index contributed by atoms with van der Waals surface area (Å²) in [5.41, 5.74) is 2.92. The number of carbonyl (C=O) groups excluding carboxylic acids is 2. The zero-order valence-electron chi connectivity index (χ0n) is 21.1. The molecule has 0 aromatic heterocycles. The Morgan fingerprint density at radius 1 is 1.05 bits per heavy atom. The molecule has 1 fully saturated rings. The molecule has 1 N–H and O–H groups in total. The van der Waals surface area contributed by atoms with E-state index >= 15 is 0 Å². The molecule has 196 valence electrons. The molecule has 1 aliphatic heterocycles. The average Bonchev–Trinajstić information content (AvgIpc) is 3.17. The van der Waals surface area contributed by atoms with Gasteiger partial charge in [-0.25, -0.2) is 4.39 Å². The third kappa shape index (κ3) is 6.51. The molecule has 0 atom stereocenters. The highest BCUT2D eigenvalue weighted by molar-refractivity contribution is 8.27. The first-order valence-electron chi connectivity index (χ1n) is 11.8. The van der Waals surface area contributed by atoms with Crippen LogP contribution in [0, 0.1) is 5.82 Å². The van der Waals surface area contributed by atoms with Gasteiger partial charge >= 0.3 is 0 Å². The number of anilines is 3. The van der Waals surface area contributed by atoms with Crippen molar-refractivity contribution in [3.05, 3.63) is 83.0 Å². The number of benzene rings is 3. The summed E-state index contributed by atoms with van der Waals surface area (Å²) in [7, 11) is 3.90. The van der Waals surface area contributed by atoms with Crippen molar-refractivity contribution in [2.45, 2.75) is 6.92 Å².